The minimum atomic E-state index is 0.159. The van der Waals surface area contributed by atoms with Crippen LogP contribution >= 0.6 is 0 Å². The average molecular weight is 366 g/mol. The summed E-state index contributed by atoms with van der Waals surface area (Å²) in [7, 11) is 0. The third-order valence-corrected chi connectivity index (χ3v) is 6.25. The normalized spacial score (nSPS) is 23.4. The third kappa shape index (κ3) is 4.38. The fraction of sp³-hybridized carbons (Fsp3) is 0.520. The number of rotatable bonds is 5. The van der Waals surface area contributed by atoms with Crippen LogP contribution in [0, 0.1) is 11.8 Å². The van der Waals surface area contributed by atoms with Crippen LogP contribution in [0.5, 0.6) is 0 Å². The van der Waals surface area contributed by atoms with E-state index >= 15 is 0 Å². The van der Waals surface area contributed by atoms with Crippen molar-refractivity contribution >= 4 is 5.69 Å². The van der Waals surface area contributed by atoms with Crippen LogP contribution in [0.1, 0.15) is 76.1 Å². The van der Waals surface area contributed by atoms with Gasteiger partial charge in [0.1, 0.15) is 0 Å². The first-order chi connectivity index (χ1) is 12.8. The van der Waals surface area contributed by atoms with E-state index in [1.165, 1.54) is 22.4 Å². The zero-order valence-electron chi connectivity index (χ0n) is 17.5. The Bertz CT molecular complexity index is 747. The summed E-state index contributed by atoms with van der Waals surface area (Å²) in [5.41, 5.74) is 5.63. The minimum absolute atomic E-state index is 0.159. The van der Waals surface area contributed by atoms with Crippen LogP contribution in [0.2, 0.25) is 0 Å². The van der Waals surface area contributed by atoms with Gasteiger partial charge in [0.25, 0.3) is 0 Å². The van der Waals surface area contributed by atoms with Gasteiger partial charge < -0.3 is 10.4 Å². The van der Waals surface area contributed by atoms with E-state index in [0.29, 0.717) is 23.8 Å². The van der Waals surface area contributed by atoms with Crippen LogP contribution in [-0.4, -0.2) is 11.7 Å². The topological polar surface area (TPSA) is 32.3 Å². The van der Waals surface area contributed by atoms with Crippen molar-refractivity contribution in [1.29, 1.82) is 0 Å². The minimum Gasteiger partial charge on any atom is -0.396 e. The standard InChI is InChI=1S/C25H35NO/c1-17(16-27)11-13-21-18(2)22-15-20(25(3,4)5)12-14-23(22)26-24(21)19-9-7-6-8-10-19/h6-10,12,14-15,17-18,21,24,26-27H,11,13,16H2,1-5H3/t17-,18+,21-,24-/m1/s1. The molecule has 1 heterocycles. The lowest BCUT2D eigenvalue weighted by molar-refractivity contribution is 0.213. The Labute approximate surface area is 165 Å². The number of hydrogen-bond acceptors (Lipinski definition) is 2. The van der Waals surface area contributed by atoms with Crippen molar-refractivity contribution in [2.24, 2.45) is 11.8 Å². The summed E-state index contributed by atoms with van der Waals surface area (Å²) in [6.45, 7) is 11.6. The molecule has 0 saturated heterocycles. The number of nitrogens with one attached hydrogen (secondary N) is 1. The van der Waals surface area contributed by atoms with Crippen molar-refractivity contribution in [1.82, 2.24) is 0 Å². The Balaban J connectivity index is 1.97. The highest BCUT2D eigenvalue weighted by atomic mass is 16.3. The monoisotopic (exact) mass is 365 g/mol. The summed E-state index contributed by atoms with van der Waals surface area (Å²) >= 11 is 0. The zero-order chi connectivity index (χ0) is 19.6. The molecule has 27 heavy (non-hydrogen) atoms. The zero-order valence-corrected chi connectivity index (χ0v) is 17.5. The highest BCUT2D eigenvalue weighted by molar-refractivity contribution is 5.59. The van der Waals surface area contributed by atoms with Gasteiger partial charge in [-0.1, -0.05) is 77.1 Å². The van der Waals surface area contributed by atoms with Crippen LogP contribution in [0.15, 0.2) is 48.5 Å². The van der Waals surface area contributed by atoms with Crippen molar-refractivity contribution in [2.45, 2.75) is 64.8 Å². The van der Waals surface area contributed by atoms with Crippen LogP contribution in [0.4, 0.5) is 5.69 Å². The second-order valence-electron chi connectivity index (χ2n) is 9.40. The maximum atomic E-state index is 9.48. The molecule has 2 N–H and O–H groups in total. The predicted octanol–water partition coefficient (Wildman–Crippen LogP) is 6.28. The largest absolute Gasteiger partial charge is 0.396 e. The smallest absolute Gasteiger partial charge is 0.0547 e. The van der Waals surface area contributed by atoms with Gasteiger partial charge in [-0.2, -0.15) is 0 Å². The first-order valence-corrected chi connectivity index (χ1v) is 10.4. The molecule has 4 atom stereocenters. The first kappa shape index (κ1) is 19.9. The molecule has 2 nitrogen and oxygen atoms in total. The molecular formula is C25H35NO. The molecule has 0 spiro atoms. The van der Waals surface area contributed by atoms with Crippen LogP contribution in [0.25, 0.3) is 0 Å². The van der Waals surface area contributed by atoms with Gasteiger partial charge in [-0.15, -0.1) is 0 Å². The molecule has 0 amide bonds. The highest BCUT2D eigenvalue weighted by Gasteiger charge is 2.35. The molecule has 0 fully saturated rings. The molecule has 0 aliphatic carbocycles. The van der Waals surface area contributed by atoms with E-state index in [1.54, 1.807) is 0 Å². The van der Waals surface area contributed by atoms with E-state index in [1.807, 2.05) is 0 Å². The molecular weight excluding hydrogens is 330 g/mol. The summed E-state index contributed by atoms with van der Waals surface area (Å²) < 4.78 is 0. The van der Waals surface area contributed by atoms with Gasteiger partial charge in [-0.05, 0) is 58.8 Å². The second-order valence-corrected chi connectivity index (χ2v) is 9.40. The Hall–Kier alpha value is -1.80. The SMILES string of the molecule is C[C@@H](CO)CC[C@@H]1[C@H](C)c2cc(C(C)(C)C)ccc2N[C@@H]1c1ccccc1. The molecule has 3 rings (SSSR count). The summed E-state index contributed by atoms with van der Waals surface area (Å²) in [4.78, 5) is 0. The Kier molecular flexibility index (Phi) is 5.95. The quantitative estimate of drug-likeness (QED) is 0.653. The molecule has 0 bridgehead atoms. The van der Waals surface area contributed by atoms with Gasteiger partial charge in [0.05, 0.1) is 6.04 Å². The number of anilines is 1. The van der Waals surface area contributed by atoms with E-state index in [9.17, 15) is 5.11 Å². The van der Waals surface area contributed by atoms with Crippen LogP contribution < -0.4 is 5.32 Å². The Morgan fingerprint density at radius 1 is 1.07 bits per heavy atom. The molecule has 0 saturated carbocycles. The summed E-state index contributed by atoms with van der Waals surface area (Å²) in [6.07, 6.45) is 2.18. The van der Waals surface area contributed by atoms with E-state index in [2.05, 4.69) is 88.5 Å². The lowest BCUT2D eigenvalue weighted by atomic mass is 9.72. The Morgan fingerprint density at radius 3 is 2.41 bits per heavy atom. The lowest BCUT2D eigenvalue weighted by Crippen LogP contribution is -2.31. The number of aliphatic hydroxyl groups excluding tert-OH is 1. The fourth-order valence-electron chi connectivity index (χ4n) is 4.31. The van der Waals surface area contributed by atoms with Gasteiger partial charge in [-0.3, -0.25) is 0 Å². The van der Waals surface area contributed by atoms with E-state index in [0.717, 1.165) is 12.8 Å². The number of benzene rings is 2. The van der Waals surface area contributed by atoms with Crippen LogP contribution in [-0.2, 0) is 5.41 Å². The molecule has 1 aliphatic rings. The van der Waals surface area contributed by atoms with Crippen molar-refractivity contribution in [3.63, 3.8) is 0 Å². The van der Waals surface area contributed by atoms with Crippen molar-refractivity contribution in [2.75, 3.05) is 11.9 Å². The summed E-state index contributed by atoms with van der Waals surface area (Å²) in [5.74, 6) is 1.36. The van der Waals surface area contributed by atoms with Crippen molar-refractivity contribution in [3.8, 4) is 0 Å². The first-order valence-electron chi connectivity index (χ1n) is 10.4. The van der Waals surface area contributed by atoms with E-state index < -0.39 is 0 Å². The number of hydrogen-bond donors (Lipinski definition) is 2. The van der Waals surface area contributed by atoms with Crippen LogP contribution in [0.3, 0.4) is 0 Å². The van der Waals surface area contributed by atoms with Crippen molar-refractivity contribution in [3.05, 3.63) is 65.2 Å². The molecule has 2 aromatic rings. The van der Waals surface area contributed by atoms with Crippen molar-refractivity contribution < 1.29 is 5.11 Å². The maximum Gasteiger partial charge on any atom is 0.0547 e. The molecule has 0 radical (unpaired) electrons. The maximum absolute atomic E-state index is 9.48. The molecule has 2 aromatic carbocycles. The number of aliphatic hydroxyl groups is 1. The van der Waals surface area contributed by atoms with Gasteiger partial charge in [0.15, 0.2) is 0 Å². The average Bonchev–Trinajstić information content (AvgIpc) is 2.66. The molecule has 146 valence electrons. The Morgan fingerprint density at radius 2 is 1.78 bits per heavy atom. The molecule has 0 unspecified atom stereocenters. The van der Waals surface area contributed by atoms with Gasteiger partial charge in [0, 0.05) is 12.3 Å². The van der Waals surface area contributed by atoms with E-state index in [-0.39, 0.29) is 12.0 Å². The fourth-order valence-corrected chi connectivity index (χ4v) is 4.31. The molecule has 2 heteroatoms. The van der Waals surface area contributed by atoms with Gasteiger partial charge in [-0.25, -0.2) is 0 Å². The summed E-state index contributed by atoms with van der Waals surface area (Å²) in [5, 5.41) is 13.3. The highest BCUT2D eigenvalue weighted by Crippen LogP contribution is 2.47. The van der Waals surface area contributed by atoms with E-state index in [4.69, 9.17) is 0 Å². The van der Waals surface area contributed by atoms with Gasteiger partial charge >= 0.3 is 0 Å². The third-order valence-electron chi connectivity index (χ3n) is 6.25. The lowest BCUT2D eigenvalue weighted by Gasteiger charge is -2.41. The van der Waals surface area contributed by atoms with Gasteiger partial charge in [0.2, 0.25) is 0 Å². The molecule has 0 aromatic heterocycles. The predicted molar refractivity (Wildman–Crippen MR) is 115 cm³/mol. The second kappa shape index (κ2) is 8.06. The molecule has 1 aliphatic heterocycles. The summed E-state index contributed by atoms with van der Waals surface area (Å²) in [6, 6.07) is 18.1. The number of fused-ring (bicyclic) bond motifs is 1.